The molecule has 92 valence electrons. The van der Waals surface area contributed by atoms with Gasteiger partial charge in [0.1, 0.15) is 5.78 Å². The van der Waals surface area contributed by atoms with Gasteiger partial charge in [0.05, 0.1) is 17.6 Å². The van der Waals surface area contributed by atoms with E-state index in [1.165, 1.54) is 13.1 Å². The van der Waals surface area contributed by atoms with Gasteiger partial charge in [-0.05, 0) is 32.0 Å². The molecule has 0 bridgehead atoms. The molecule has 2 aromatic rings. The number of fused-ring (bicyclic) bond motifs is 1. The first-order valence-electron chi connectivity index (χ1n) is 5.70. The molecule has 2 rings (SSSR count). The molecule has 0 saturated carbocycles. The number of rotatable bonds is 3. The number of aromatic nitrogens is 1. The van der Waals surface area contributed by atoms with Gasteiger partial charge in [-0.25, -0.2) is 0 Å². The molecule has 1 aromatic carbocycles. The number of nitrogens with zero attached hydrogens (tertiary/aromatic N) is 1. The normalized spacial score (nSPS) is 10.3. The molecule has 0 fully saturated rings. The molecule has 0 aliphatic rings. The highest BCUT2D eigenvalue weighted by molar-refractivity contribution is 5.98. The van der Waals surface area contributed by atoms with Crippen LogP contribution in [-0.2, 0) is 4.79 Å². The van der Waals surface area contributed by atoms with Crippen molar-refractivity contribution >= 4 is 22.6 Å². The number of carbonyl (C=O) groups excluding carboxylic acids is 2. The Kier molecular flexibility index (Phi) is 3.37. The fourth-order valence-electron chi connectivity index (χ4n) is 1.68. The highest BCUT2D eigenvalue weighted by Gasteiger charge is 2.07. The van der Waals surface area contributed by atoms with Crippen LogP contribution in [-0.4, -0.2) is 23.2 Å². The second-order valence-corrected chi connectivity index (χ2v) is 4.30. The molecule has 1 amide bonds. The van der Waals surface area contributed by atoms with Crippen LogP contribution in [0.5, 0.6) is 0 Å². The molecule has 0 unspecified atom stereocenters. The molecule has 0 saturated heterocycles. The van der Waals surface area contributed by atoms with Gasteiger partial charge in [-0.3, -0.25) is 14.6 Å². The summed E-state index contributed by atoms with van der Waals surface area (Å²) in [6, 6.07) is 7.65. The third-order valence-electron chi connectivity index (χ3n) is 2.60. The summed E-state index contributed by atoms with van der Waals surface area (Å²) in [5, 5.41) is 3.47. The van der Waals surface area contributed by atoms with E-state index in [-0.39, 0.29) is 18.2 Å². The van der Waals surface area contributed by atoms with Crippen LogP contribution in [0.2, 0.25) is 0 Å². The second-order valence-electron chi connectivity index (χ2n) is 4.30. The van der Waals surface area contributed by atoms with Gasteiger partial charge in [0.2, 0.25) is 0 Å². The van der Waals surface area contributed by atoms with Crippen LogP contribution in [0, 0.1) is 6.92 Å². The van der Waals surface area contributed by atoms with Crippen LogP contribution < -0.4 is 5.32 Å². The summed E-state index contributed by atoms with van der Waals surface area (Å²) >= 11 is 0. The van der Waals surface area contributed by atoms with Crippen molar-refractivity contribution in [2.24, 2.45) is 0 Å². The van der Waals surface area contributed by atoms with E-state index in [4.69, 9.17) is 0 Å². The zero-order valence-electron chi connectivity index (χ0n) is 10.4. The SMILES string of the molecule is CC(=O)CNC(=O)c1cnc2ccc(C)cc2c1. The molecule has 0 aliphatic carbocycles. The van der Waals surface area contributed by atoms with Crippen LogP contribution in [0.1, 0.15) is 22.8 Å². The Morgan fingerprint density at radius 2 is 2.06 bits per heavy atom. The van der Waals surface area contributed by atoms with Gasteiger partial charge in [0.25, 0.3) is 5.91 Å². The molecular weight excluding hydrogens is 228 g/mol. The molecule has 4 heteroatoms. The van der Waals surface area contributed by atoms with Crippen molar-refractivity contribution in [1.29, 1.82) is 0 Å². The maximum atomic E-state index is 11.8. The van der Waals surface area contributed by atoms with Crippen molar-refractivity contribution in [3.63, 3.8) is 0 Å². The van der Waals surface area contributed by atoms with E-state index in [1.807, 2.05) is 25.1 Å². The summed E-state index contributed by atoms with van der Waals surface area (Å²) in [4.78, 5) is 26.8. The molecule has 1 heterocycles. The minimum Gasteiger partial charge on any atom is -0.345 e. The second kappa shape index (κ2) is 4.96. The van der Waals surface area contributed by atoms with E-state index < -0.39 is 0 Å². The number of amides is 1. The van der Waals surface area contributed by atoms with Gasteiger partial charge in [0, 0.05) is 11.6 Å². The number of hydrogen-bond acceptors (Lipinski definition) is 3. The summed E-state index contributed by atoms with van der Waals surface area (Å²) < 4.78 is 0. The first kappa shape index (κ1) is 12.2. The lowest BCUT2D eigenvalue weighted by molar-refractivity contribution is -0.116. The molecule has 1 aromatic heterocycles. The highest BCUT2D eigenvalue weighted by atomic mass is 16.2. The van der Waals surface area contributed by atoms with Gasteiger partial charge in [-0.1, -0.05) is 11.6 Å². The lowest BCUT2D eigenvalue weighted by Gasteiger charge is -2.04. The number of hydrogen-bond donors (Lipinski definition) is 1. The van der Waals surface area contributed by atoms with Crippen molar-refractivity contribution in [3.8, 4) is 0 Å². The minimum atomic E-state index is -0.277. The summed E-state index contributed by atoms with van der Waals surface area (Å²) in [6.45, 7) is 3.47. The zero-order chi connectivity index (χ0) is 13.1. The number of aryl methyl sites for hydroxylation is 1. The Morgan fingerprint density at radius 1 is 1.28 bits per heavy atom. The molecule has 0 aliphatic heterocycles. The van der Waals surface area contributed by atoms with Crippen molar-refractivity contribution in [2.45, 2.75) is 13.8 Å². The number of pyridine rings is 1. The standard InChI is InChI=1S/C14H14N2O2/c1-9-3-4-13-11(5-9)6-12(8-15-13)14(18)16-7-10(2)17/h3-6,8H,7H2,1-2H3,(H,16,18). The Balaban J connectivity index is 2.28. The predicted molar refractivity (Wildman–Crippen MR) is 69.5 cm³/mol. The minimum absolute atomic E-state index is 0.0463. The Bertz CT molecular complexity index is 620. The van der Waals surface area contributed by atoms with E-state index in [1.54, 1.807) is 6.07 Å². The van der Waals surface area contributed by atoms with Gasteiger partial charge < -0.3 is 5.32 Å². The number of ketones is 1. The van der Waals surface area contributed by atoms with Gasteiger partial charge in [-0.2, -0.15) is 0 Å². The van der Waals surface area contributed by atoms with E-state index in [2.05, 4.69) is 10.3 Å². The molecule has 1 N–H and O–H groups in total. The van der Waals surface area contributed by atoms with Crippen molar-refractivity contribution in [3.05, 3.63) is 41.6 Å². The molecule has 0 atom stereocenters. The first-order chi connectivity index (χ1) is 8.56. The van der Waals surface area contributed by atoms with E-state index in [9.17, 15) is 9.59 Å². The Morgan fingerprint density at radius 3 is 2.78 bits per heavy atom. The number of carbonyl (C=O) groups is 2. The summed E-state index contributed by atoms with van der Waals surface area (Å²) in [6.07, 6.45) is 1.52. The number of nitrogens with one attached hydrogen (secondary N) is 1. The van der Waals surface area contributed by atoms with E-state index in [0.717, 1.165) is 16.5 Å². The van der Waals surface area contributed by atoms with Crippen LogP contribution in [0.4, 0.5) is 0 Å². The maximum absolute atomic E-state index is 11.8. The number of benzene rings is 1. The monoisotopic (exact) mass is 242 g/mol. The van der Waals surface area contributed by atoms with Crippen molar-refractivity contribution in [1.82, 2.24) is 10.3 Å². The quantitative estimate of drug-likeness (QED) is 0.893. The molecule has 0 radical (unpaired) electrons. The average molecular weight is 242 g/mol. The van der Waals surface area contributed by atoms with Crippen LogP contribution >= 0.6 is 0 Å². The number of Topliss-reactive ketones (excluding diaryl/α,β-unsaturated/α-hetero) is 1. The van der Waals surface area contributed by atoms with E-state index >= 15 is 0 Å². The van der Waals surface area contributed by atoms with Crippen LogP contribution in [0.3, 0.4) is 0 Å². The summed E-state index contributed by atoms with van der Waals surface area (Å²) in [5.74, 6) is -0.353. The lowest BCUT2D eigenvalue weighted by atomic mass is 10.1. The molecule has 0 spiro atoms. The van der Waals surface area contributed by atoms with Gasteiger partial charge >= 0.3 is 0 Å². The first-order valence-corrected chi connectivity index (χ1v) is 5.70. The highest BCUT2D eigenvalue weighted by Crippen LogP contribution is 2.15. The average Bonchev–Trinajstić information content (AvgIpc) is 2.34. The fourth-order valence-corrected chi connectivity index (χ4v) is 1.68. The van der Waals surface area contributed by atoms with Crippen LogP contribution in [0.25, 0.3) is 10.9 Å². The van der Waals surface area contributed by atoms with Gasteiger partial charge in [0.15, 0.2) is 0 Å². The topological polar surface area (TPSA) is 59.1 Å². The molecular formula is C14H14N2O2. The Hall–Kier alpha value is -2.23. The van der Waals surface area contributed by atoms with Crippen molar-refractivity contribution < 1.29 is 9.59 Å². The van der Waals surface area contributed by atoms with E-state index in [0.29, 0.717) is 5.56 Å². The summed E-state index contributed by atoms with van der Waals surface area (Å²) in [7, 11) is 0. The third-order valence-corrected chi connectivity index (χ3v) is 2.60. The zero-order valence-corrected chi connectivity index (χ0v) is 10.4. The third kappa shape index (κ3) is 2.71. The lowest BCUT2D eigenvalue weighted by Crippen LogP contribution is -2.28. The van der Waals surface area contributed by atoms with Crippen LogP contribution in [0.15, 0.2) is 30.5 Å². The largest absolute Gasteiger partial charge is 0.345 e. The molecule has 18 heavy (non-hydrogen) atoms. The molecule has 4 nitrogen and oxygen atoms in total. The predicted octanol–water partition coefficient (Wildman–Crippen LogP) is 1.86. The van der Waals surface area contributed by atoms with Gasteiger partial charge in [-0.15, -0.1) is 0 Å². The maximum Gasteiger partial charge on any atom is 0.253 e. The fraction of sp³-hybridized carbons (Fsp3) is 0.214. The smallest absolute Gasteiger partial charge is 0.253 e. The Labute approximate surface area is 105 Å². The van der Waals surface area contributed by atoms with Crippen molar-refractivity contribution in [2.75, 3.05) is 6.54 Å². The summed E-state index contributed by atoms with van der Waals surface area (Å²) in [5.41, 5.74) is 2.43.